The van der Waals surface area contributed by atoms with Crippen LogP contribution in [0.2, 0.25) is 5.02 Å². The summed E-state index contributed by atoms with van der Waals surface area (Å²) >= 11 is 9.26. The van der Waals surface area contributed by atoms with E-state index in [1.807, 2.05) is 0 Å². The van der Waals surface area contributed by atoms with Crippen LogP contribution in [-0.2, 0) is 4.79 Å². The molecular weight excluding hydrogens is 466 g/mol. The monoisotopic (exact) mass is 483 g/mol. The van der Waals surface area contributed by atoms with E-state index in [-0.39, 0.29) is 27.6 Å². The number of amides is 3. The van der Waals surface area contributed by atoms with Crippen LogP contribution in [0.1, 0.15) is 29.6 Å². The summed E-state index contributed by atoms with van der Waals surface area (Å²) in [6, 6.07) is 5.93. The van der Waals surface area contributed by atoms with Crippen molar-refractivity contribution >= 4 is 51.3 Å². The van der Waals surface area contributed by atoms with Crippen LogP contribution in [0.25, 0.3) is 0 Å². The molecule has 1 saturated heterocycles. The van der Waals surface area contributed by atoms with E-state index in [0.717, 1.165) is 12.8 Å². The maximum absolute atomic E-state index is 12.4. The average Bonchev–Trinajstić information content (AvgIpc) is 2.94. The van der Waals surface area contributed by atoms with E-state index >= 15 is 0 Å². The number of benzene rings is 1. The van der Waals surface area contributed by atoms with Gasteiger partial charge in [-0.05, 0) is 47.3 Å². The summed E-state index contributed by atoms with van der Waals surface area (Å²) in [7, 11) is 1.70. The van der Waals surface area contributed by atoms with Crippen molar-refractivity contribution in [1.29, 1.82) is 0 Å². The van der Waals surface area contributed by atoms with Crippen LogP contribution < -0.4 is 15.4 Å². The van der Waals surface area contributed by atoms with E-state index in [0.29, 0.717) is 18.0 Å². The summed E-state index contributed by atoms with van der Waals surface area (Å²) in [4.78, 5) is 38.4. The van der Waals surface area contributed by atoms with E-state index in [9.17, 15) is 14.4 Å². The van der Waals surface area contributed by atoms with Crippen molar-refractivity contribution in [1.82, 2.24) is 20.4 Å². The SMILES string of the molecule is CN1CCCC[C@@H](NC(=O)Oc2n[nH]c(NC(=O)c3ccccc3Cl)c2Br)C1=O. The van der Waals surface area contributed by atoms with E-state index < -0.39 is 18.0 Å². The smallest absolute Gasteiger partial charge is 0.388 e. The fourth-order valence-electron chi connectivity index (χ4n) is 2.88. The van der Waals surface area contributed by atoms with E-state index in [1.54, 1.807) is 36.2 Å². The Bertz CT molecular complexity index is 935. The fraction of sp³-hybridized carbons (Fsp3) is 0.333. The van der Waals surface area contributed by atoms with Gasteiger partial charge in [-0.3, -0.25) is 14.7 Å². The second kappa shape index (κ2) is 9.27. The maximum Gasteiger partial charge on any atom is 0.414 e. The summed E-state index contributed by atoms with van der Waals surface area (Å²) in [5.41, 5.74) is 0.284. The summed E-state index contributed by atoms with van der Waals surface area (Å²) in [6.45, 7) is 0.658. The number of nitrogens with zero attached hydrogens (tertiary/aromatic N) is 2. The Morgan fingerprint density at radius 2 is 2.10 bits per heavy atom. The first-order valence-electron chi connectivity index (χ1n) is 8.90. The molecule has 2 heterocycles. The Kier molecular flexibility index (Phi) is 6.75. The number of carbonyl (C=O) groups is 3. The second-order valence-corrected chi connectivity index (χ2v) is 7.69. The molecule has 1 fully saturated rings. The lowest BCUT2D eigenvalue weighted by Crippen LogP contribution is -2.47. The quantitative estimate of drug-likeness (QED) is 0.616. The highest BCUT2D eigenvalue weighted by atomic mass is 79.9. The molecule has 0 spiro atoms. The summed E-state index contributed by atoms with van der Waals surface area (Å²) in [6.07, 6.45) is 1.44. The molecule has 0 unspecified atom stereocenters. The molecule has 29 heavy (non-hydrogen) atoms. The number of carbonyl (C=O) groups excluding carboxylic acids is 3. The lowest BCUT2D eigenvalue weighted by atomic mass is 10.1. The molecular formula is C18H19BrClN5O4. The van der Waals surface area contributed by atoms with Crippen molar-refractivity contribution in [2.45, 2.75) is 25.3 Å². The van der Waals surface area contributed by atoms with Crippen molar-refractivity contribution in [2.75, 3.05) is 18.9 Å². The molecule has 0 bridgehead atoms. The highest BCUT2D eigenvalue weighted by Gasteiger charge is 2.27. The Morgan fingerprint density at radius 3 is 2.86 bits per heavy atom. The van der Waals surface area contributed by atoms with E-state index in [4.69, 9.17) is 16.3 Å². The van der Waals surface area contributed by atoms with Gasteiger partial charge in [0.1, 0.15) is 16.3 Å². The van der Waals surface area contributed by atoms with Crippen molar-refractivity contribution in [3.63, 3.8) is 0 Å². The zero-order chi connectivity index (χ0) is 21.0. The third-order valence-electron chi connectivity index (χ3n) is 4.43. The number of nitrogens with one attached hydrogen (secondary N) is 3. The first kappa shape index (κ1) is 21.1. The fourth-order valence-corrected chi connectivity index (χ4v) is 3.46. The van der Waals surface area contributed by atoms with Gasteiger partial charge in [0.05, 0.1) is 10.6 Å². The molecule has 1 atom stereocenters. The molecule has 3 rings (SSSR count). The Balaban J connectivity index is 1.63. The normalized spacial score (nSPS) is 16.9. The van der Waals surface area contributed by atoms with Crippen LogP contribution in [0.3, 0.4) is 0 Å². The molecule has 1 aliphatic rings. The number of anilines is 1. The Labute approximate surface area is 180 Å². The van der Waals surface area contributed by atoms with Gasteiger partial charge in [0.15, 0.2) is 0 Å². The van der Waals surface area contributed by atoms with Gasteiger partial charge in [-0.2, -0.15) is 0 Å². The number of H-pyrrole nitrogens is 1. The zero-order valence-corrected chi connectivity index (χ0v) is 17.8. The van der Waals surface area contributed by atoms with Crippen molar-refractivity contribution in [2.24, 2.45) is 0 Å². The third-order valence-corrected chi connectivity index (χ3v) is 5.49. The van der Waals surface area contributed by atoms with Gasteiger partial charge < -0.3 is 20.3 Å². The van der Waals surface area contributed by atoms with Crippen molar-refractivity contribution < 1.29 is 19.1 Å². The Morgan fingerprint density at radius 1 is 1.34 bits per heavy atom. The van der Waals surface area contributed by atoms with Crippen LogP contribution in [0.4, 0.5) is 10.6 Å². The number of hydrogen-bond donors (Lipinski definition) is 3. The number of likely N-dealkylation sites (tertiary alicyclic amines) is 1. The number of ether oxygens (including phenoxy) is 1. The molecule has 0 aliphatic carbocycles. The van der Waals surface area contributed by atoms with Gasteiger partial charge in [0.2, 0.25) is 5.91 Å². The van der Waals surface area contributed by atoms with Crippen LogP contribution in [0.15, 0.2) is 28.7 Å². The molecule has 0 radical (unpaired) electrons. The third kappa shape index (κ3) is 5.07. The summed E-state index contributed by atoms with van der Waals surface area (Å²) in [5, 5.41) is 11.9. The molecule has 11 heteroatoms. The van der Waals surface area contributed by atoms with Gasteiger partial charge in [-0.1, -0.05) is 23.7 Å². The minimum Gasteiger partial charge on any atom is -0.388 e. The predicted octanol–water partition coefficient (Wildman–Crippen LogP) is 3.18. The molecule has 0 saturated carbocycles. The minimum absolute atomic E-state index is 0.0774. The highest BCUT2D eigenvalue weighted by molar-refractivity contribution is 9.10. The van der Waals surface area contributed by atoms with Crippen LogP contribution >= 0.6 is 27.5 Å². The van der Waals surface area contributed by atoms with Crippen LogP contribution in [0, 0.1) is 0 Å². The lowest BCUT2D eigenvalue weighted by molar-refractivity contribution is -0.131. The van der Waals surface area contributed by atoms with E-state index in [2.05, 4.69) is 36.8 Å². The molecule has 3 amide bonds. The number of rotatable bonds is 4. The first-order chi connectivity index (χ1) is 13.9. The van der Waals surface area contributed by atoms with Crippen LogP contribution in [-0.4, -0.2) is 52.6 Å². The standard InChI is InChI=1S/C18H19BrClN5O4/c1-25-9-5-4-8-12(17(25)27)21-18(28)29-16-13(19)14(23-24-16)22-15(26)10-6-2-3-7-11(10)20/h2-3,6-7,12H,4-5,8-9H2,1H3,(H,21,28)(H2,22,23,24,26)/t12-/m1/s1. The van der Waals surface area contributed by atoms with Gasteiger partial charge in [-0.15, -0.1) is 5.10 Å². The van der Waals surface area contributed by atoms with Gasteiger partial charge in [0.25, 0.3) is 11.8 Å². The zero-order valence-electron chi connectivity index (χ0n) is 15.5. The topological polar surface area (TPSA) is 116 Å². The van der Waals surface area contributed by atoms with Crippen LogP contribution in [0.5, 0.6) is 5.88 Å². The van der Waals surface area contributed by atoms with E-state index in [1.165, 1.54) is 0 Å². The highest BCUT2D eigenvalue weighted by Crippen LogP contribution is 2.30. The molecule has 1 aliphatic heterocycles. The second-order valence-electron chi connectivity index (χ2n) is 6.49. The number of likely N-dealkylation sites (N-methyl/N-ethyl adjacent to an activating group) is 1. The number of halogens is 2. The molecule has 1 aromatic carbocycles. The molecule has 154 valence electrons. The number of aromatic nitrogens is 2. The molecule has 9 nitrogen and oxygen atoms in total. The molecule has 2 aromatic rings. The first-order valence-corrected chi connectivity index (χ1v) is 10.1. The summed E-state index contributed by atoms with van der Waals surface area (Å²) in [5.74, 6) is -0.495. The minimum atomic E-state index is -0.810. The van der Waals surface area contributed by atoms with Gasteiger partial charge in [-0.25, -0.2) is 4.79 Å². The average molecular weight is 485 g/mol. The molecule has 1 aromatic heterocycles. The Hall–Kier alpha value is -2.59. The lowest BCUT2D eigenvalue weighted by Gasteiger charge is -2.20. The van der Waals surface area contributed by atoms with Gasteiger partial charge >= 0.3 is 6.09 Å². The maximum atomic E-state index is 12.4. The number of hydrogen-bond acceptors (Lipinski definition) is 5. The largest absolute Gasteiger partial charge is 0.414 e. The summed E-state index contributed by atoms with van der Waals surface area (Å²) < 4.78 is 5.42. The van der Waals surface area contributed by atoms with Crippen molar-refractivity contribution in [3.05, 3.63) is 39.3 Å². The predicted molar refractivity (Wildman–Crippen MR) is 110 cm³/mol. The van der Waals surface area contributed by atoms with Crippen molar-refractivity contribution in [3.8, 4) is 5.88 Å². The van der Waals surface area contributed by atoms with Gasteiger partial charge in [0, 0.05) is 13.6 Å². The molecule has 3 N–H and O–H groups in total. The number of aromatic amines is 1.